The third-order valence-electron chi connectivity index (χ3n) is 5.53. The molecule has 168 valence electrons. The van der Waals surface area contributed by atoms with Gasteiger partial charge < -0.3 is 0 Å². The van der Waals surface area contributed by atoms with Gasteiger partial charge in [-0.3, -0.25) is 0 Å². The minimum atomic E-state index is -3.96. The molecule has 0 aliphatic carbocycles. The van der Waals surface area contributed by atoms with E-state index >= 15 is 0 Å². The van der Waals surface area contributed by atoms with Gasteiger partial charge >= 0.3 is 187 Å². The molecule has 0 aliphatic heterocycles. The van der Waals surface area contributed by atoms with Gasteiger partial charge in [0.1, 0.15) is 0 Å². The fraction of sp³-hybridized carbons (Fsp3) is 0.417. The van der Waals surface area contributed by atoms with E-state index < -0.39 is 13.3 Å². The number of carbonyl (C=O) groups excluding carboxylic acids is 2. The molecule has 2 rings (SSSR count). The summed E-state index contributed by atoms with van der Waals surface area (Å²) in [7, 11) is 6.08. The van der Waals surface area contributed by atoms with Crippen molar-refractivity contribution in [3.05, 3.63) is 47.5 Å². The summed E-state index contributed by atoms with van der Waals surface area (Å²) in [6, 6.07) is 10.5. The van der Waals surface area contributed by atoms with E-state index in [1.54, 1.807) is 36.4 Å². The Labute approximate surface area is 187 Å². The van der Waals surface area contributed by atoms with Crippen LogP contribution in [-0.2, 0) is 0 Å². The maximum absolute atomic E-state index is 14.2. The minimum absolute atomic E-state index is 0.129. The first-order valence-corrected chi connectivity index (χ1v) is 15.5. The summed E-state index contributed by atoms with van der Waals surface area (Å²) >= 11 is -3.96. The SMILES string of the molecule is CC[CH2][Ge]([CH2]CC)([C](=O)c1c(OC)cccc1OC)[C](=O)c1c(OC)cccc1OC. The van der Waals surface area contributed by atoms with Crippen LogP contribution in [0.5, 0.6) is 23.0 Å². The Morgan fingerprint density at radius 1 is 0.645 bits per heavy atom. The normalized spacial score (nSPS) is 11.0. The number of rotatable bonds is 12. The average molecular weight is 489 g/mol. The number of hydrogen-bond donors (Lipinski definition) is 0. The first kappa shape index (κ1) is 24.8. The Morgan fingerprint density at radius 2 is 0.935 bits per heavy atom. The topological polar surface area (TPSA) is 71.1 Å². The van der Waals surface area contributed by atoms with Crippen molar-refractivity contribution < 1.29 is 28.5 Å². The molecule has 31 heavy (non-hydrogen) atoms. The zero-order valence-electron chi connectivity index (χ0n) is 19.2. The van der Waals surface area contributed by atoms with Crippen LogP contribution in [0.15, 0.2) is 36.4 Å². The van der Waals surface area contributed by atoms with Gasteiger partial charge in [0.05, 0.1) is 0 Å². The number of ether oxygens (including phenoxy) is 4. The van der Waals surface area contributed by atoms with E-state index in [1.807, 2.05) is 13.8 Å². The van der Waals surface area contributed by atoms with Crippen LogP contribution in [0, 0.1) is 0 Å². The van der Waals surface area contributed by atoms with Crippen LogP contribution in [-0.4, -0.2) is 50.9 Å². The first-order chi connectivity index (χ1) is 14.9. The van der Waals surface area contributed by atoms with Crippen LogP contribution < -0.4 is 18.9 Å². The van der Waals surface area contributed by atoms with Gasteiger partial charge in [0.25, 0.3) is 0 Å². The Bertz CT molecular complexity index is 804. The van der Waals surface area contributed by atoms with Crippen molar-refractivity contribution in [2.75, 3.05) is 28.4 Å². The summed E-state index contributed by atoms with van der Waals surface area (Å²) in [6.45, 7) is 4.02. The van der Waals surface area contributed by atoms with E-state index in [1.165, 1.54) is 28.4 Å². The van der Waals surface area contributed by atoms with Crippen molar-refractivity contribution >= 4 is 22.5 Å². The van der Waals surface area contributed by atoms with E-state index in [2.05, 4.69) is 0 Å². The van der Waals surface area contributed by atoms with Crippen molar-refractivity contribution in [2.24, 2.45) is 0 Å². The summed E-state index contributed by atoms with van der Waals surface area (Å²) < 4.78 is 21.8. The summed E-state index contributed by atoms with van der Waals surface area (Å²) in [5, 5.41) is 1.13. The molecule has 0 fully saturated rings. The molecule has 6 nitrogen and oxygen atoms in total. The van der Waals surface area contributed by atoms with Crippen LogP contribution in [0.4, 0.5) is 0 Å². The second-order valence-corrected chi connectivity index (χ2v) is 15.9. The van der Waals surface area contributed by atoms with Gasteiger partial charge in [-0.15, -0.1) is 0 Å². The van der Waals surface area contributed by atoms with Crippen LogP contribution in [0.3, 0.4) is 0 Å². The van der Waals surface area contributed by atoms with Gasteiger partial charge in [-0.05, 0) is 0 Å². The summed E-state index contributed by atoms with van der Waals surface area (Å²) in [6.07, 6.45) is 1.46. The molecule has 0 saturated heterocycles. The molecule has 0 bridgehead atoms. The monoisotopic (exact) mass is 490 g/mol. The Hall–Kier alpha value is -2.48. The molecule has 0 atom stereocenters. The van der Waals surface area contributed by atoms with Gasteiger partial charge in [-0.2, -0.15) is 0 Å². The third kappa shape index (κ3) is 4.74. The van der Waals surface area contributed by atoms with Crippen molar-refractivity contribution in [2.45, 2.75) is 37.2 Å². The molecule has 2 aromatic rings. The quantitative estimate of drug-likeness (QED) is 0.385. The third-order valence-corrected chi connectivity index (χ3v) is 15.9. The van der Waals surface area contributed by atoms with Gasteiger partial charge in [-0.1, -0.05) is 0 Å². The molecule has 0 amide bonds. The zero-order chi connectivity index (χ0) is 23.0. The van der Waals surface area contributed by atoms with Crippen molar-refractivity contribution in [1.29, 1.82) is 0 Å². The summed E-state index contributed by atoms with van der Waals surface area (Å²) in [4.78, 5) is 28.5. The molecule has 0 saturated carbocycles. The molecule has 2 aromatic carbocycles. The zero-order valence-corrected chi connectivity index (χ0v) is 21.3. The van der Waals surface area contributed by atoms with Crippen LogP contribution >= 0.6 is 0 Å². The Morgan fingerprint density at radius 3 is 1.16 bits per heavy atom. The van der Waals surface area contributed by atoms with E-state index in [-0.39, 0.29) is 9.23 Å². The molecule has 0 spiro atoms. The molecule has 0 radical (unpaired) electrons. The van der Waals surface area contributed by atoms with Gasteiger partial charge in [0, 0.05) is 0 Å². The van der Waals surface area contributed by atoms with Crippen LogP contribution in [0.1, 0.15) is 47.4 Å². The molecule has 0 aromatic heterocycles. The number of methoxy groups -OCH3 is 4. The molecule has 0 unspecified atom stereocenters. The van der Waals surface area contributed by atoms with E-state index in [0.29, 0.717) is 44.6 Å². The van der Waals surface area contributed by atoms with Gasteiger partial charge in [0.2, 0.25) is 0 Å². The second kappa shape index (κ2) is 11.2. The number of hydrogen-bond acceptors (Lipinski definition) is 6. The van der Waals surface area contributed by atoms with E-state index in [4.69, 9.17) is 18.9 Å². The molecule has 0 N–H and O–H groups in total. The predicted octanol–water partition coefficient (Wildman–Crippen LogP) is 5.13. The fourth-order valence-electron chi connectivity index (χ4n) is 4.16. The maximum atomic E-state index is 14.2. The fourth-order valence-corrected chi connectivity index (χ4v) is 13.7. The standard InChI is InChI=1S/C24H32GeO6/c1-7-15-25(16-8-2,23(26)21-17(28-3)11-9-12-18(21)29-4)24(27)22-19(30-5)13-10-14-20(22)31-6/h9-14H,7-8,15-16H2,1-6H3. The van der Waals surface area contributed by atoms with Crippen molar-refractivity contribution in [3.63, 3.8) is 0 Å². The van der Waals surface area contributed by atoms with Crippen molar-refractivity contribution in [1.82, 2.24) is 0 Å². The van der Waals surface area contributed by atoms with E-state index in [9.17, 15) is 9.59 Å². The predicted molar refractivity (Wildman–Crippen MR) is 124 cm³/mol. The van der Waals surface area contributed by atoms with Gasteiger partial charge in [-0.25, -0.2) is 0 Å². The first-order valence-electron chi connectivity index (χ1n) is 10.5. The summed E-state index contributed by atoms with van der Waals surface area (Å²) in [5.41, 5.74) is 0.716. The Balaban J connectivity index is 2.81. The number of benzene rings is 2. The molecule has 0 heterocycles. The van der Waals surface area contributed by atoms with Crippen LogP contribution in [0.25, 0.3) is 0 Å². The van der Waals surface area contributed by atoms with Gasteiger partial charge in [0.15, 0.2) is 0 Å². The average Bonchev–Trinajstić information content (AvgIpc) is 2.81. The molecule has 7 heteroatoms. The van der Waals surface area contributed by atoms with Crippen LogP contribution in [0.2, 0.25) is 10.5 Å². The molecular formula is C24H32GeO6. The molecule has 0 aliphatic rings. The van der Waals surface area contributed by atoms with E-state index in [0.717, 1.165) is 12.8 Å². The second-order valence-electron chi connectivity index (χ2n) is 7.32. The summed E-state index contributed by atoms with van der Waals surface area (Å²) in [5.74, 6) is 1.69. The Kier molecular flexibility index (Phi) is 8.98. The number of carbonyl (C=O) groups is 2. The van der Waals surface area contributed by atoms with Crippen molar-refractivity contribution in [3.8, 4) is 23.0 Å². The molecular weight excluding hydrogens is 457 g/mol.